The van der Waals surface area contributed by atoms with E-state index in [0.29, 0.717) is 12.1 Å². The number of nitrogens with one attached hydrogen (secondary N) is 2. The molecule has 0 fully saturated rings. The molecule has 0 bridgehead atoms. The first kappa shape index (κ1) is 18.6. The topological polar surface area (TPSA) is 71.1 Å². The van der Waals surface area contributed by atoms with E-state index in [2.05, 4.69) is 22.5 Å². The summed E-state index contributed by atoms with van der Waals surface area (Å²) in [5.74, 6) is -0.508. The Morgan fingerprint density at radius 2 is 1.84 bits per heavy atom. The lowest BCUT2D eigenvalue weighted by molar-refractivity contribution is 0.0948. The minimum Gasteiger partial charge on any atom is -0.351 e. The number of rotatable bonds is 7. The number of aryl methyl sites for hydroxylation is 2. The molecule has 0 aliphatic carbocycles. The molecule has 0 saturated heterocycles. The monoisotopic (exact) mass is 339 g/mol. The second-order valence-corrected chi connectivity index (χ2v) is 6.17. The van der Waals surface area contributed by atoms with Gasteiger partial charge in [-0.2, -0.15) is 0 Å². The number of amides is 2. The molecule has 25 heavy (non-hydrogen) atoms. The van der Waals surface area contributed by atoms with Gasteiger partial charge in [-0.3, -0.25) is 14.6 Å². The molecule has 132 valence electrons. The van der Waals surface area contributed by atoms with Gasteiger partial charge in [0.2, 0.25) is 0 Å². The van der Waals surface area contributed by atoms with Crippen molar-refractivity contribution < 1.29 is 9.59 Å². The van der Waals surface area contributed by atoms with E-state index in [0.717, 1.165) is 36.1 Å². The first-order valence-electron chi connectivity index (χ1n) is 8.64. The maximum Gasteiger partial charge on any atom is 0.269 e. The molecule has 0 spiro atoms. The van der Waals surface area contributed by atoms with Crippen LogP contribution >= 0.6 is 0 Å². The number of carbonyl (C=O) groups is 2. The van der Waals surface area contributed by atoms with Crippen molar-refractivity contribution in [2.24, 2.45) is 0 Å². The molecular weight excluding hydrogens is 314 g/mol. The summed E-state index contributed by atoms with van der Waals surface area (Å²) in [7, 11) is 0. The van der Waals surface area contributed by atoms with Crippen LogP contribution in [0.5, 0.6) is 0 Å². The summed E-state index contributed by atoms with van der Waals surface area (Å²) in [4.78, 5) is 28.6. The molecule has 2 aromatic rings. The Bertz CT molecular complexity index is 756. The van der Waals surface area contributed by atoms with Crippen LogP contribution < -0.4 is 10.6 Å². The van der Waals surface area contributed by atoms with Crippen LogP contribution in [-0.4, -0.2) is 23.3 Å². The second-order valence-electron chi connectivity index (χ2n) is 6.17. The molecule has 0 atom stereocenters. The molecule has 0 saturated carbocycles. The number of nitrogens with zero attached hydrogens (tertiary/aromatic N) is 1. The van der Waals surface area contributed by atoms with E-state index >= 15 is 0 Å². The number of unbranched alkanes of at least 4 members (excludes halogenated alkanes) is 2. The van der Waals surface area contributed by atoms with Gasteiger partial charge in [0.05, 0.1) is 0 Å². The zero-order valence-electron chi connectivity index (χ0n) is 15.1. The molecule has 0 radical (unpaired) electrons. The number of aromatic nitrogens is 1. The average Bonchev–Trinajstić information content (AvgIpc) is 2.61. The first-order chi connectivity index (χ1) is 12.0. The molecule has 1 aromatic carbocycles. The van der Waals surface area contributed by atoms with Gasteiger partial charge in [0.15, 0.2) is 0 Å². The van der Waals surface area contributed by atoms with Gasteiger partial charge >= 0.3 is 0 Å². The summed E-state index contributed by atoms with van der Waals surface area (Å²) in [6.07, 6.45) is 4.60. The van der Waals surface area contributed by atoms with Crippen molar-refractivity contribution in [3.05, 3.63) is 58.9 Å². The van der Waals surface area contributed by atoms with Gasteiger partial charge in [-0.25, -0.2) is 0 Å². The maximum absolute atomic E-state index is 12.5. The lowest BCUT2D eigenvalue weighted by Gasteiger charge is -2.10. The number of carbonyl (C=O) groups excluding carboxylic acids is 2. The van der Waals surface area contributed by atoms with Gasteiger partial charge in [0.1, 0.15) is 5.69 Å². The predicted octanol–water partition coefficient (Wildman–Crippen LogP) is 3.87. The van der Waals surface area contributed by atoms with E-state index in [1.54, 1.807) is 6.07 Å². The SMILES string of the molecule is CCCCCNC(=O)c1cc(C(=O)Nc2ccc(C)cc2C)ccn1. The molecule has 2 amide bonds. The minimum absolute atomic E-state index is 0.253. The maximum atomic E-state index is 12.5. The normalized spacial score (nSPS) is 10.4. The van der Waals surface area contributed by atoms with Crippen molar-refractivity contribution in [3.8, 4) is 0 Å². The molecule has 5 nitrogen and oxygen atoms in total. The zero-order valence-corrected chi connectivity index (χ0v) is 15.1. The summed E-state index contributed by atoms with van der Waals surface area (Å²) in [5, 5.41) is 5.71. The summed E-state index contributed by atoms with van der Waals surface area (Å²) < 4.78 is 0. The summed E-state index contributed by atoms with van der Waals surface area (Å²) >= 11 is 0. The highest BCUT2D eigenvalue weighted by Crippen LogP contribution is 2.17. The Hall–Kier alpha value is -2.69. The zero-order chi connectivity index (χ0) is 18.2. The van der Waals surface area contributed by atoms with E-state index in [1.165, 1.54) is 12.3 Å². The van der Waals surface area contributed by atoms with Crippen molar-refractivity contribution in [3.63, 3.8) is 0 Å². The number of pyridine rings is 1. The van der Waals surface area contributed by atoms with Crippen LogP contribution in [0.2, 0.25) is 0 Å². The van der Waals surface area contributed by atoms with E-state index in [4.69, 9.17) is 0 Å². The van der Waals surface area contributed by atoms with Gasteiger partial charge < -0.3 is 10.6 Å². The third kappa shape index (κ3) is 5.41. The van der Waals surface area contributed by atoms with Crippen LogP contribution in [0.1, 0.15) is 58.2 Å². The molecule has 1 aromatic heterocycles. The summed E-state index contributed by atoms with van der Waals surface area (Å²) in [5.41, 5.74) is 3.56. The molecule has 2 rings (SSSR count). The number of hydrogen-bond acceptors (Lipinski definition) is 3. The Kier molecular flexibility index (Phi) is 6.69. The van der Waals surface area contributed by atoms with Crippen LogP contribution in [0.15, 0.2) is 36.5 Å². The summed E-state index contributed by atoms with van der Waals surface area (Å²) in [6, 6.07) is 8.97. The van der Waals surface area contributed by atoms with Gasteiger partial charge in [0.25, 0.3) is 11.8 Å². The lowest BCUT2D eigenvalue weighted by atomic mass is 10.1. The lowest BCUT2D eigenvalue weighted by Crippen LogP contribution is -2.26. The van der Waals surface area contributed by atoms with E-state index < -0.39 is 0 Å². The highest BCUT2D eigenvalue weighted by Gasteiger charge is 2.12. The average molecular weight is 339 g/mol. The Morgan fingerprint density at radius 3 is 2.56 bits per heavy atom. The highest BCUT2D eigenvalue weighted by atomic mass is 16.2. The quantitative estimate of drug-likeness (QED) is 0.752. The van der Waals surface area contributed by atoms with Gasteiger partial charge in [0, 0.05) is 24.0 Å². The molecule has 0 aliphatic rings. The number of benzene rings is 1. The van der Waals surface area contributed by atoms with Crippen molar-refractivity contribution >= 4 is 17.5 Å². The first-order valence-corrected chi connectivity index (χ1v) is 8.64. The molecule has 5 heteroatoms. The standard InChI is InChI=1S/C20H25N3O2/c1-4-5-6-10-22-20(25)18-13-16(9-11-21-18)19(24)23-17-8-7-14(2)12-15(17)3/h7-9,11-13H,4-6,10H2,1-3H3,(H,22,25)(H,23,24). The van der Waals surface area contributed by atoms with E-state index in [9.17, 15) is 9.59 Å². The van der Waals surface area contributed by atoms with Crippen LogP contribution in [0.25, 0.3) is 0 Å². The van der Waals surface area contributed by atoms with Gasteiger partial charge in [-0.05, 0) is 44.0 Å². The molecule has 2 N–H and O–H groups in total. The Morgan fingerprint density at radius 1 is 1.04 bits per heavy atom. The molecule has 1 heterocycles. The Balaban J connectivity index is 2.04. The van der Waals surface area contributed by atoms with Crippen molar-refractivity contribution in [2.75, 3.05) is 11.9 Å². The second kappa shape index (κ2) is 8.97. The predicted molar refractivity (Wildman–Crippen MR) is 100.0 cm³/mol. The van der Waals surface area contributed by atoms with Crippen molar-refractivity contribution in [1.82, 2.24) is 10.3 Å². The summed E-state index contributed by atoms with van der Waals surface area (Å²) in [6.45, 7) is 6.69. The van der Waals surface area contributed by atoms with Crippen molar-refractivity contribution in [1.29, 1.82) is 0 Å². The number of hydrogen-bond donors (Lipinski definition) is 2. The molecule has 0 aliphatic heterocycles. The minimum atomic E-state index is -0.255. The van der Waals surface area contributed by atoms with Crippen LogP contribution in [0.4, 0.5) is 5.69 Å². The molecule has 0 unspecified atom stereocenters. The third-order valence-electron chi connectivity index (χ3n) is 3.95. The molecular formula is C20H25N3O2. The third-order valence-corrected chi connectivity index (χ3v) is 3.95. The largest absolute Gasteiger partial charge is 0.351 e. The Labute approximate surface area is 148 Å². The van der Waals surface area contributed by atoms with Crippen molar-refractivity contribution in [2.45, 2.75) is 40.0 Å². The smallest absolute Gasteiger partial charge is 0.269 e. The number of anilines is 1. The van der Waals surface area contributed by atoms with Gasteiger partial charge in [-0.1, -0.05) is 37.5 Å². The fraction of sp³-hybridized carbons (Fsp3) is 0.350. The highest BCUT2D eigenvalue weighted by molar-refractivity contribution is 6.06. The van der Waals surface area contributed by atoms with Crippen LogP contribution in [0, 0.1) is 13.8 Å². The van der Waals surface area contributed by atoms with E-state index in [1.807, 2.05) is 32.0 Å². The van der Waals surface area contributed by atoms with Gasteiger partial charge in [-0.15, -0.1) is 0 Å². The fourth-order valence-corrected chi connectivity index (χ4v) is 2.51. The van der Waals surface area contributed by atoms with Crippen LogP contribution in [0.3, 0.4) is 0 Å². The fourth-order valence-electron chi connectivity index (χ4n) is 2.51. The van der Waals surface area contributed by atoms with Crippen LogP contribution in [-0.2, 0) is 0 Å². The van der Waals surface area contributed by atoms with E-state index in [-0.39, 0.29) is 17.5 Å².